The molecule has 0 saturated heterocycles. The van der Waals surface area contributed by atoms with Gasteiger partial charge in [0, 0.05) is 19.3 Å². The summed E-state index contributed by atoms with van der Waals surface area (Å²) >= 11 is 0. The minimum absolute atomic E-state index is 0.0846. The van der Waals surface area contributed by atoms with Gasteiger partial charge in [-0.1, -0.05) is 259 Å². The minimum atomic E-state index is -0.788. The average molecular weight is 1030 g/mol. The monoisotopic (exact) mass is 1030 g/mol. The first-order valence-electron chi connectivity index (χ1n) is 31.2. The number of rotatable bonds is 56. The zero-order valence-electron chi connectivity index (χ0n) is 48.6. The Labute approximate surface area is 457 Å². The van der Waals surface area contributed by atoms with Crippen LogP contribution < -0.4 is 0 Å². The third-order valence-electron chi connectivity index (χ3n) is 13.3. The Balaban J connectivity index is 4.23. The van der Waals surface area contributed by atoms with E-state index < -0.39 is 6.10 Å². The van der Waals surface area contributed by atoms with Crippen LogP contribution in [0.1, 0.15) is 297 Å². The first-order chi connectivity index (χ1) is 36.5. The van der Waals surface area contributed by atoms with Crippen LogP contribution in [-0.4, -0.2) is 37.2 Å². The molecule has 1 atom stereocenters. The van der Waals surface area contributed by atoms with Crippen LogP contribution in [0.3, 0.4) is 0 Å². The number of carbonyl (C=O) groups is 3. The molecule has 0 aliphatic heterocycles. The minimum Gasteiger partial charge on any atom is -0.462 e. The van der Waals surface area contributed by atoms with Crippen molar-refractivity contribution < 1.29 is 28.6 Å². The van der Waals surface area contributed by atoms with E-state index in [4.69, 9.17) is 14.2 Å². The van der Waals surface area contributed by atoms with Gasteiger partial charge in [0.25, 0.3) is 0 Å². The number of ether oxygens (including phenoxy) is 3. The predicted octanol–water partition coefficient (Wildman–Crippen LogP) is 21.3. The largest absolute Gasteiger partial charge is 0.462 e. The van der Waals surface area contributed by atoms with Crippen LogP contribution >= 0.6 is 0 Å². The molecule has 0 fully saturated rings. The maximum Gasteiger partial charge on any atom is 0.306 e. The molecule has 0 saturated carbocycles. The van der Waals surface area contributed by atoms with Crippen LogP contribution in [-0.2, 0) is 28.6 Å². The van der Waals surface area contributed by atoms with Gasteiger partial charge in [-0.25, -0.2) is 0 Å². The summed E-state index contributed by atoms with van der Waals surface area (Å²) in [6, 6.07) is 0. The summed E-state index contributed by atoms with van der Waals surface area (Å²) in [5, 5.41) is 0. The zero-order chi connectivity index (χ0) is 53.6. The van der Waals surface area contributed by atoms with Gasteiger partial charge in [-0.2, -0.15) is 0 Å². The molecule has 0 spiro atoms. The van der Waals surface area contributed by atoms with Crippen molar-refractivity contribution in [1.29, 1.82) is 0 Å². The van der Waals surface area contributed by atoms with E-state index in [9.17, 15) is 14.4 Å². The van der Waals surface area contributed by atoms with Gasteiger partial charge in [0.05, 0.1) is 0 Å². The number of allylic oxidation sites excluding steroid dienone is 16. The summed E-state index contributed by atoms with van der Waals surface area (Å²) in [5.74, 6) is -0.902. The Morgan fingerprint density at radius 1 is 0.284 bits per heavy atom. The molecule has 424 valence electrons. The lowest BCUT2D eigenvalue weighted by molar-refractivity contribution is -0.167. The molecule has 0 N–H and O–H groups in total. The highest BCUT2D eigenvalue weighted by Gasteiger charge is 2.19. The van der Waals surface area contributed by atoms with Gasteiger partial charge in [-0.3, -0.25) is 14.4 Å². The van der Waals surface area contributed by atoms with Gasteiger partial charge < -0.3 is 14.2 Å². The van der Waals surface area contributed by atoms with E-state index in [0.717, 1.165) is 135 Å². The molecular weight excluding hydrogens is 913 g/mol. The highest BCUT2D eigenvalue weighted by Crippen LogP contribution is 2.16. The number of hydrogen-bond donors (Lipinski definition) is 0. The quantitative estimate of drug-likeness (QED) is 0.0261. The van der Waals surface area contributed by atoms with Crippen LogP contribution in [0.2, 0.25) is 0 Å². The van der Waals surface area contributed by atoms with Gasteiger partial charge in [-0.05, 0) is 116 Å². The molecule has 74 heavy (non-hydrogen) atoms. The third-order valence-corrected chi connectivity index (χ3v) is 13.3. The molecule has 6 heteroatoms. The van der Waals surface area contributed by atoms with E-state index >= 15 is 0 Å². The molecule has 0 rings (SSSR count). The lowest BCUT2D eigenvalue weighted by Crippen LogP contribution is -2.30. The molecule has 0 radical (unpaired) electrons. The lowest BCUT2D eigenvalue weighted by atomic mass is 10.0. The average Bonchev–Trinajstić information content (AvgIpc) is 3.40. The van der Waals surface area contributed by atoms with Crippen LogP contribution in [0.25, 0.3) is 0 Å². The van der Waals surface area contributed by atoms with Crippen molar-refractivity contribution in [2.75, 3.05) is 13.2 Å². The van der Waals surface area contributed by atoms with Gasteiger partial charge in [0.15, 0.2) is 6.10 Å². The summed E-state index contributed by atoms with van der Waals surface area (Å²) in [6.07, 6.45) is 82.7. The van der Waals surface area contributed by atoms with Gasteiger partial charge in [-0.15, -0.1) is 0 Å². The van der Waals surface area contributed by atoms with Gasteiger partial charge >= 0.3 is 17.9 Å². The van der Waals surface area contributed by atoms with Crippen molar-refractivity contribution >= 4 is 17.9 Å². The fourth-order valence-corrected chi connectivity index (χ4v) is 8.62. The van der Waals surface area contributed by atoms with Crippen LogP contribution in [0, 0.1) is 0 Å². The second-order valence-electron chi connectivity index (χ2n) is 20.6. The Morgan fingerprint density at radius 2 is 0.554 bits per heavy atom. The maximum atomic E-state index is 12.9. The second-order valence-corrected chi connectivity index (χ2v) is 20.6. The Bertz CT molecular complexity index is 1460. The maximum absolute atomic E-state index is 12.9. The van der Waals surface area contributed by atoms with Crippen molar-refractivity contribution in [3.05, 3.63) is 97.2 Å². The predicted molar refractivity (Wildman–Crippen MR) is 320 cm³/mol. The van der Waals surface area contributed by atoms with E-state index in [1.165, 1.54) is 122 Å². The fourth-order valence-electron chi connectivity index (χ4n) is 8.62. The van der Waals surface area contributed by atoms with Crippen molar-refractivity contribution in [2.45, 2.75) is 303 Å². The second kappa shape index (κ2) is 61.9. The van der Waals surface area contributed by atoms with Crippen molar-refractivity contribution in [3.8, 4) is 0 Å². The Kier molecular flexibility index (Phi) is 58.8. The van der Waals surface area contributed by atoms with Crippen molar-refractivity contribution in [2.24, 2.45) is 0 Å². The zero-order valence-corrected chi connectivity index (χ0v) is 48.6. The first kappa shape index (κ1) is 70.3. The number of hydrogen-bond acceptors (Lipinski definition) is 6. The fraction of sp³-hybridized carbons (Fsp3) is 0.721. The van der Waals surface area contributed by atoms with E-state index in [0.29, 0.717) is 19.3 Å². The Morgan fingerprint density at radius 3 is 0.892 bits per heavy atom. The molecule has 0 bridgehead atoms. The summed E-state index contributed by atoms with van der Waals surface area (Å²) in [6.45, 7) is 6.45. The molecule has 6 nitrogen and oxygen atoms in total. The first-order valence-corrected chi connectivity index (χ1v) is 31.2. The number of carbonyl (C=O) groups excluding carboxylic acids is 3. The van der Waals surface area contributed by atoms with Crippen LogP contribution in [0.4, 0.5) is 0 Å². The van der Waals surface area contributed by atoms with Crippen LogP contribution in [0.15, 0.2) is 97.2 Å². The molecule has 0 aromatic rings. The smallest absolute Gasteiger partial charge is 0.306 e. The standard InChI is InChI=1S/C68H116O6/c1-4-7-10-13-16-19-22-25-27-28-29-30-31-32-33-34-35-36-37-38-39-40-41-44-46-49-52-55-58-61-67(70)73-64-65(63-72-66(69)60-57-54-51-48-45-42-24-21-18-15-12-9-6-3)74-68(71)62-59-56-53-50-47-43-26-23-20-17-14-11-8-5-2/h7,10,12,15-16,19,21,23-27,29-30,32-33,65H,4-6,8-9,11,13-14,17-18,20,22,28,31,34-64H2,1-3H3/b10-7-,15-12-,19-16-,24-21-,26-23-,27-25-,30-29-,33-32-. The highest BCUT2D eigenvalue weighted by atomic mass is 16.6. The molecule has 0 heterocycles. The SMILES string of the molecule is CC/C=C\C/C=C\C/C=C\C/C=C\C/C=C\CCCCCCCCCCCCCCCC(=O)OCC(COC(=O)CCCCCCC/C=C\C/C=C\CCC)OC(=O)CCCCCCC/C=C\CCCCCCC. The van der Waals surface area contributed by atoms with Crippen molar-refractivity contribution in [1.82, 2.24) is 0 Å². The van der Waals surface area contributed by atoms with E-state index in [1.54, 1.807) is 0 Å². The lowest BCUT2D eigenvalue weighted by Gasteiger charge is -2.18. The van der Waals surface area contributed by atoms with Gasteiger partial charge in [0.2, 0.25) is 0 Å². The summed E-state index contributed by atoms with van der Waals surface area (Å²) in [5.41, 5.74) is 0. The number of esters is 3. The van der Waals surface area contributed by atoms with Gasteiger partial charge in [0.1, 0.15) is 13.2 Å². The summed E-state index contributed by atoms with van der Waals surface area (Å²) < 4.78 is 16.9. The van der Waals surface area contributed by atoms with Crippen molar-refractivity contribution in [3.63, 3.8) is 0 Å². The topological polar surface area (TPSA) is 78.9 Å². The molecule has 0 amide bonds. The molecular formula is C68H116O6. The normalized spacial score (nSPS) is 12.7. The summed E-state index contributed by atoms with van der Waals surface area (Å²) in [7, 11) is 0. The molecule has 0 aromatic heterocycles. The summed E-state index contributed by atoms with van der Waals surface area (Å²) in [4.78, 5) is 38.2. The highest BCUT2D eigenvalue weighted by molar-refractivity contribution is 5.71. The molecule has 1 unspecified atom stereocenters. The third kappa shape index (κ3) is 59.2. The van der Waals surface area contributed by atoms with Crippen LogP contribution in [0.5, 0.6) is 0 Å². The molecule has 0 aliphatic carbocycles. The van der Waals surface area contributed by atoms with E-state index in [2.05, 4.69) is 118 Å². The molecule has 0 aromatic carbocycles. The Hall–Kier alpha value is -3.67. The van der Waals surface area contributed by atoms with E-state index in [1.807, 2.05) is 0 Å². The number of unbranched alkanes of at least 4 members (excludes halogenated alkanes) is 29. The molecule has 0 aliphatic rings. The van der Waals surface area contributed by atoms with E-state index in [-0.39, 0.29) is 31.1 Å².